The predicted molar refractivity (Wildman–Crippen MR) is 611 cm³/mol. The molecule has 147 heavy (non-hydrogen) atoms. The summed E-state index contributed by atoms with van der Waals surface area (Å²) < 4.78 is 13.9. The molecule has 22 aromatic carbocycles. The molecule has 12 nitrogen and oxygen atoms in total. The van der Waals surface area contributed by atoms with Gasteiger partial charge in [0.05, 0.1) is 94.1 Å². The average Bonchev–Trinajstić information content (AvgIpc) is 1.57. The molecular weight excluding hydrogens is 1790 g/mol. The number of rotatable bonds is 9. The molecule has 9 heterocycles. The van der Waals surface area contributed by atoms with Gasteiger partial charge in [-0.3, -0.25) is 13.7 Å². The fourth-order valence-corrected chi connectivity index (χ4v) is 24.1. The van der Waals surface area contributed by atoms with Crippen LogP contribution in [-0.4, -0.2) is 57.3 Å². The minimum atomic E-state index is -0.115. The van der Waals surface area contributed by atoms with Gasteiger partial charge in [-0.15, -0.1) is 0 Å². The zero-order chi connectivity index (χ0) is 96.8. The molecule has 32 rings (SSSR count). The van der Waals surface area contributed by atoms with Crippen LogP contribution in [0.5, 0.6) is 0 Å². The third kappa shape index (κ3) is 12.9. The third-order valence-electron chi connectivity index (χ3n) is 30.8. The molecule has 0 aliphatic heterocycles. The van der Waals surface area contributed by atoms with E-state index in [4.69, 9.17) is 29.9 Å². The summed E-state index contributed by atoms with van der Waals surface area (Å²) in [4.78, 5) is 31.0. The topological polar surface area (TPSA) is 107 Å². The highest BCUT2D eigenvalue weighted by atomic mass is 15.2. The van der Waals surface area contributed by atoms with Gasteiger partial charge >= 0.3 is 0 Å². The van der Waals surface area contributed by atoms with Crippen LogP contribution in [0.1, 0.15) is 25.0 Å². The molecule has 0 bridgehead atoms. The molecule has 686 valence electrons. The number of fused-ring (bicyclic) bond motifs is 30. The maximum Gasteiger partial charge on any atom is 0.235 e. The zero-order valence-electron chi connectivity index (χ0n) is 80.1. The van der Waals surface area contributed by atoms with Gasteiger partial charge in [0.2, 0.25) is 17.8 Å². The summed E-state index contributed by atoms with van der Waals surface area (Å²) in [6.07, 6.45) is 1.92. The smallest absolute Gasteiger partial charge is 0.235 e. The van der Waals surface area contributed by atoms with Gasteiger partial charge in [0.1, 0.15) is 0 Å². The minimum Gasteiger partial charge on any atom is -0.309 e. The molecular formula is C135H86N12. The Morgan fingerprint density at radius 2 is 0.531 bits per heavy atom. The highest BCUT2D eigenvalue weighted by Gasteiger charge is 2.36. The van der Waals surface area contributed by atoms with Crippen molar-refractivity contribution < 1.29 is 0 Å². The quantitative estimate of drug-likeness (QED) is 0.142. The monoisotopic (exact) mass is 1870 g/mol. The standard InChI is InChI=1S/C57H38N4.C42H26N4.C36H22N4/c1-57(2)47-20-10-6-16-41(47)42-29-26-38(33-48(42)57)55-45-18-7-11-21-49(45)58-56(59-55)61-51-23-13-9-19-46(51)54-40-28-24-35(32-37(40)27-31-52(54)61)36-25-30-44-43-17-8-12-22-50(43)60(53(44)34-36)39-14-4-3-5-15-39;1-2-12-28(13-3-1)41-32-16-4-8-18-35(32)43-42(44-41)46-38-21-11-7-17-33(38)40-34-26-29(24-22-27(34)23-25-39(40)46)45-36-19-9-5-14-30(36)31-15-6-10-20-37(31)45;1-5-13-30-24(9-1)22-37-36(38-30)40-33-16-8-4-12-28(33)35-29-21-25(19-17-23(29)18-20-34(35)40)39-31-14-6-2-10-26(31)27-11-3-7-15-32(27)39/h3-34H,1-2H3;1-26H;1-22H. The molecule has 0 saturated carbocycles. The first-order chi connectivity index (χ1) is 72.7. The van der Waals surface area contributed by atoms with Gasteiger partial charge in [-0.05, 0) is 205 Å². The second-order valence-electron chi connectivity index (χ2n) is 39.1. The van der Waals surface area contributed by atoms with Crippen molar-refractivity contribution in [2.45, 2.75) is 19.3 Å². The zero-order valence-corrected chi connectivity index (χ0v) is 80.1. The van der Waals surface area contributed by atoms with E-state index in [1.165, 1.54) is 163 Å². The Morgan fingerprint density at radius 3 is 1.04 bits per heavy atom. The summed E-state index contributed by atoms with van der Waals surface area (Å²) in [5.74, 6) is 2.02. The van der Waals surface area contributed by atoms with E-state index in [0.717, 1.165) is 105 Å². The Kier molecular flexibility index (Phi) is 18.6. The Hall–Kier alpha value is -19.6. The third-order valence-corrected chi connectivity index (χ3v) is 30.8. The van der Waals surface area contributed by atoms with Crippen molar-refractivity contribution in [2.75, 3.05) is 0 Å². The van der Waals surface area contributed by atoms with Crippen LogP contribution in [0.3, 0.4) is 0 Å². The van der Waals surface area contributed by atoms with Crippen LogP contribution in [0, 0.1) is 0 Å². The van der Waals surface area contributed by atoms with E-state index in [9.17, 15) is 0 Å². The molecule has 0 unspecified atom stereocenters. The molecule has 0 saturated heterocycles. The number of hydrogen-bond acceptors (Lipinski definition) is 6. The van der Waals surface area contributed by atoms with E-state index >= 15 is 0 Å². The van der Waals surface area contributed by atoms with Crippen LogP contribution in [0.25, 0.3) is 276 Å². The molecule has 1 aliphatic carbocycles. The maximum absolute atomic E-state index is 5.49. The normalized spacial score (nSPS) is 12.5. The molecule has 9 aromatic heterocycles. The van der Waals surface area contributed by atoms with Crippen molar-refractivity contribution in [3.05, 3.63) is 497 Å². The molecule has 0 N–H and O–H groups in total. The number of benzene rings is 22. The van der Waals surface area contributed by atoms with Crippen LogP contribution >= 0.6 is 0 Å². The highest BCUT2D eigenvalue weighted by Crippen LogP contribution is 2.52. The largest absolute Gasteiger partial charge is 0.309 e. The van der Waals surface area contributed by atoms with Crippen LogP contribution in [0.4, 0.5) is 0 Å². The highest BCUT2D eigenvalue weighted by molar-refractivity contribution is 6.26. The van der Waals surface area contributed by atoms with E-state index in [2.05, 4.69) is 490 Å². The van der Waals surface area contributed by atoms with E-state index in [0.29, 0.717) is 17.8 Å². The Bertz CT molecular complexity index is 10900. The maximum atomic E-state index is 5.49. The molecule has 0 fully saturated rings. The van der Waals surface area contributed by atoms with E-state index < -0.39 is 0 Å². The van der Waals surface area contributed by atoms with E-state index in [1.807, 2.05) is 36.5 Å². The predicted octanol–water partition coefficient (Wildman–Crippen LogP) is 34.2. The Labute approximate surface area is 842 Å². The Balaban J connectivity index is 0.000000105. The van der Waals surface area contributed by atoms with Crippen molar-refractivity contribution >= 4 is 196 Å². The lowest BCUT2D eigenvalue weighted by atomic mass is 9.82. The van der Waals surface area contributed by atoms with Gasteiger partial charge in [-0.25, -0.2) is 29.9 Å². The summed E-state index contributed by atoms with van der Waals surface area (Å²) in [7, 11) is 0. The van der Waals surface area contributed by atoms with Gasteiger partial charge < -0.3 is 13.7 Å². The molecule has 0 amide bonds. The van der Waals surface area contributed by atoms with Gasteiger partial charge in [-0.1, -0.05) is 354 Å². The van der Waals surface area contributed by atoms with Crippen LogP contribution in [-0.2, 0) is 5.41 Å². The van der Waals surface area contributed by atoms with Gasteiger partial charge in [0.25, 0.3) is 0 Å². The fraction of sp³-hybridized carbons (Fsp3) is 0.0222. The Morgan fingerprint density at radius 1 is 0.177 bits per heavy atom. The van der Waals surface area contributed by atoms with Crippen molar-refractivity contribution in [2.24, 2.45) is 0 Å². The summed E-state index contributed by atoms with van der Waals surface area (Å²) in [6.45, 7) is 4.67. The first-order valence-corrected chi connectivity index (χ1v) is 50.2. The lowest BCUT2D eigenvalue weighted by Crippen LogP contribution is -2.15. The molecule has 0 atom stereocenters. The van der Waals surface area contributed by atoms with Crippen molar-refractivity contribution in [1.29, 1.82) is 0 Å². The second-order valence-corrected chi connectivity index (χ2v) is 39.1. The fourth-order valence-electron chi connectivity index (χ4n) is 24.1. The molecule has 0 spiro atoms. The summed E-state index contributed by atoms with van der Waals surface area (Å²) in [5.41, 5.74) is 31.6. The molecule has 0 radical (unpaired) electrons. The van der Waals surface area contributed by atoms with Crippen molar-refractivity contribution in [1.82, 2.24) is 57.3 Å². The molecule has 31 aromatic rings. The van der Waals surface area contributed by atoms with Gasteiger partial charge in [-0.2, -0.15) is 0 Å². The molecule has 1 aliphatic rings. The number of hydrogen-bond donors (Lipinski definition) is 0. The summed E-state index contributed by atoms with van der Waals surface area (Å²) in [5, 5.41) is 25.1. The second kappa shape index (κ2) is 32.8. The first kappa shape index (κ1) is 83.2. The lowest BCUT2D eigenvalue weighted by molar-refractivity contribution is 0.660. The van der Waals surface area contributed by atoms with E-state index in [1.54, 1.807) is 0 Å². The van der Waals surface area contributed by atoms with Crippen molar-refractivity contribution in [3.63, 3.8) is 0 Å². The minimum absolute atomic E-state index is 0.115. The summed E-state index contributed by atoms with van der Waals surface area (Å²) in [6, 6.07) is 172. The number of para-hydroxylation sites is 12. The van der Waals surface area contributed by atoms with Crippen LogP contribution in [0.2, 0.25) is 0 Å². The van der Waals surface area contributed by atoms with Crippen LogP contribution < -0.4 is 0 Å². The van der Waals surface area contributed by atoms with Crippen LogP contribution in [0.15, 0.2) is 485 Å². The van der Waals surface area contributed by atoms with Crippen molar-refractivity contribution in [3.8, 4) is 79.7 Å². The lowest BCUT2D eigenvalue weighted by Gasteiger charge is -2.22. The summed E-state index contributed by atoms with van der Waals surface area (Å²) >= 11 is 0. The van der Waals surface area contributed by atoms with Gasteiger partial charge in [0.15, 0.2) is 0 Å². The number of aromatic nitrogens is 12. The first-order valence-electron chi connectivity index (χ1n) is 50.2. The SMILES string of the molecule is CC1(C)c2ccccc2-c2ccc(-c3nc(-n4c5ccccc5c5c6ccc(-c7ccc8c9ccccc9n(-c9ccccc9)c8c7)cc6ccc54)nc4ccccc34)cc21.c1ccc(-c2nc(-n3c4ccccc4c4c5cc(-n6c7ccccc7c7ccccc76)ccc5ccc43)nc3ccccc23)cc1.c1ccc2nc(-n3c4ccccc4c4c5cc(-n6c7ccccc7c7ccccc76)ccc5ccc43)ncc2c1. The molecule has 12 heteroatoms. The van der Waals surface area contributed by atoms with E-state index in [-0.39, 0.29) is 5.41 Å². The van der Waals surface area contributed by atoms with Gasteiger partial charge in [0, 0.05) is 121 Å². The number of nitrogens with zero attached hydrogens (tertiary/aromatic N) is 12. The average molecular weight is 1880 g/mol.